The molecule has 26 heavy (non-hydrogen) atoms. The Labute approximate surface area is 150 Å². The molecule has 1 aromatic heterocycles. The number of phosphoric acid groups is 1. The van der Waals surface area contributed by atoms with Gasteiger partial charge in [0.2, 0.25) is 0 Å². The molecule has 0 radical (unpaired) electrons. The summed E-state index contributed by atoms with van der Waals surface area (Å²) >= 11 is 0. The molecule has 0 saturated carbocycles. The molecule has 5 atom stereocenters. The Balaban J connectivity index is 2.07. The normalized spacial score (nSPS) is 27.9. The number of aliphatic hydroxyl groups excluding tert-OH is 2. The maximum absolute atomic E-state index is 12.0. The highest BCUT2D eigenvalue weighted by Crippen LogP contribution is 2.33. The van der Waals surface area contributed by atoms with Crippen LogP contribution in [0.4, 0.5) is 0 Å². The molecule has 2 heterocycles. The van der Waals surface area contributed by atoms with Crippen LogP contribution in [0.3, 0.4) is 0 Å². The van der Waals surface area contributed by atoms with Crippen LogP contribution in [0.25, 0.3) is 0 Å². The third-order valence-corrected chi connectivity index (χ3v) is 4.30. The zero-order valence-electron chi connectivity index (χ0n) is 14.1. The van der Waals surface area contributed by atoms with Gasteiger partial charge in [-0.05, 0) is 12.5 Å². The van der Waals surface area contributed by atoms with Crippen LogP contribution in [-0.4, -0.2) is 52.6 Å². The Morgan fingerprint density at radius 3 is 2.81 bits per heavy atom. The molecule has 1 saturated heterocycles. The van der Waals surface area contributed by atoms with Crippen molar-refractivity contribution in [3.8, 4) is 0 Å². The first-order valence-electron chi connectivity index (χ1n) is 8.11. The topological polar surface area (TPSA) is 149 Å². The molecule has 0 amide bonds. The van der Waals surface area contributed by atoms with E-state index in [0.717, 1.165) is 12.8 Å². The predicted octanol–water partition coefficient (Wildman–Crippen LogP) is -0.972. The second-order valence-electron chi connectivity index (χ2n) is 5.84. The second-order valence-corrected chi connectivity index (χ2v) is 7.04. The van der Waals surface area contributed by atoms with Crippen LogP contribution in [0.2, 0.25) is 0 Å². The zero-order valence-corrected chi connectivity index (χ0v) is 15.0. The van der Waals surface area contributed by atoms with Crippen molar-refractivity contribution in [1.82, 2.24) is 0 Å². The summed E-state index contributed by atoms with van der Waals surface area (Å²) in [5.74, 6) is -0.534. The summed E-state index contributed by atoms with van der Waals surface area (Å²) < 4.78 is 26.8. The van der Waals surface area contributed by atoms with Gasteiger partial charge in [-0.15, -0.1) is 0 Å². The largest absolute Gasteiger partial charge is 0.756 e. The fourth-order valence-electron chi connectivity index (χ4n) is 2.45. The number of aromatic nitrogens is 1. The minimum atomic E-state index is -4.98. The van der Waals surface area contributed by atoms with Gasteiger partial charge in [-0.3, -0.25) is 4.57 Å². The molecule has 1 aliphatic rings. The van der Waals surface area contributed by atoms with Crippen LogP contribution in [0.15, 0.2) is 24.5 Å². The van der Waals surface area contributed by atoms with E-state index in [1.165, 1.54) is 23.0 Å². The monoisotopic (exact) mass is 391 g/mol. The third kappa shape index (κ3) is 5.55. The van der Waals surface area contributed by atoms with Crippen LogP contribution >= 0.6 is 7.82 Å². The maximum Gasteiger partial charge on any atom is 0.344 e. The number of aliphatic hydroxyl groups is 2. The van der Waals surface area contributed by atoms with E-state index in [0.29, 0.717) is 6.61 Å². The highest BCUT2D eigenvalue weighted by atomic mass is 31.2. The van der Waals surface area contributed by atoms with Gasteiger partial charge >= 0.3 is 5.97 Å². The quantitative estimate of drug-likeness (QED) is 0.220. The van der Waals surface area contributed by atoms with Crippen molar-refractivity contribution in [1.29, 1.82) is 0 Å². The number of phosphoric ester groups is 1. The molecular weight excluding hydrogens is 369 g/mol. The molecule has 11 heteroatoms. The van der Waals surface area contributed by atoms with Gasteiger partial charge < -0.3 is 34.0 Å². The van der Waals surface area contributed by atoms with Crippen molar-refractivity contribution in [3.05, 3.63) is 30.1 Å². The van der Waals surface area contributed by atoms with Gasteiger partial charge in [-0.2, -0.15) is 4.57 Å². The SMILES string of the molecule is CCCCOC(=O)c1ccc[n+]([C@@H]2O[C@H](COP(=O)([O-])O)[C@H](O)[C@@H]2O)c1. The maximum atomic E-state index is 12.0. The minimum Gasteiger partial charge on any atom is -0.756 e. The van der Waals surface area contributed by atoms with Crippen LogP contribution in [0, 0.1) is 0 Å². The van der Waals surface area contributed by atoms with Gasteiger partial charge in [-0.1, -0.05) is 13.3 Å². The number of ether oxygens (including phenoxy) is 2. The molecule has 1 aromatic rings. The lowest BCUT2D eigenvalue weighted by Crippen LogP contribution is -2.46. The smallest absolute Gasteiger partial charge is 0.344 e. The van der Waals surface area contributed by atoms with Gasteiger partial charge in [0.05, 0.1) is 13.2 Å². The first-order chi connectivity index (χ1) is 12.2. The van der Waals surface area contributed by atoms with Crippen molar-refractivity contribution in [2.75, 3.05) is 13.2 Å². The Bertz CT molecular complexity index is 664. The lowest BCUT2D eigenvalue weighted by atomic mass is 10.1. The van der Waals surface area contributed by atoms with Crippen molar-refractivity contribution >= 4 is 13.8 Å². The Hall–Kier alpha value is -1.39. The number of carbonyl (C=O) groups excluding carboxylic acids is 1. The number of hydrogen-bond acceptors (Lipinski definition) is 8. The molecule has 0 bridgehead atoms. The molecule has 1 unspecified atom stereocenters. The summed E-state index contributed by atoms with van der Waals surface area (Å²) in [4.78, 5) is 31.3. The fourth-order valence-corrected chi connectivity index (χ4v) is 2.78. The van der Waals surface area contributed by atoms with E-state index >= 15 is 0 Å². The molecule has 10 nitrogen and oxygen atoms in total. The second kappa shape index (κ2) is 9.01. The van der Waals surface area contributed by atoms with E-state index in [1.54, 1.807) is 6.07 Å². The summed E-state index contributed by atoms with van der Waals surface area (Å²) in [5, 5.41) is 20.1. The summed E-state index contributed by atoms with van der Waals surface area (Å²) in [6.45, 7) is 1.60. The van der Waals surface area contributed by atoms with Crippen molar-refractivity contribution < 1.29 is 47.9 Å². The molecule has 1 fully saturated rings. The van der Waals surface area contributed by atoms with E-state index in [2.05, 4.69) is 4.52 Å². The van der Waals surface area contributed by atoms with Crippen LogP contribution < -0.4 is 9.46 Å². The molecule has 1 aliphatic heterocycles. The van der Waals surface area contributed by atoms with Crippen LogP contribution in [0.5, 0.6) is 0 Å². The van der Waals surface area contributed by atoms with Gasteiger partial charge in [-0.25, -0.2) is 4.79 Å². The van der Waals surface area contributed by atoms with Crippen LogP contribution in [-0.2, 0) is 18.6 Å². The highest BCUT2D eigenvalue weighted by Gasteiger charge is 2.48. The lowest BCUT2D eigenvalue weighted by Gasteiger charge is -2.19. The van der Waals surface area contributed by atoms with E-state index in [4.69, 9.17) is 14.4 Å². The Morgan fingerprint density at radius 1 is 1.42 bits per heavy atom. The number of rotatable bonds is 8. The fraction of sp³-hybridized carbons (Fsp3) is 0.600. The molecule has 146 valence electrons. The number of hydrogen-bond donors (Lipinski definition) is 3. The average Bonchev–Trinajstić information content (AvgIpc) is 2.88. The predicted molar refractivity (Wildman–Crippen MR) is 83.5 cm³/mol. The number of nitrogens with zero attached hydrogens (tertiary/aromatic N) is 1. The van der Waals surface area contributed by atoms with Crippen molar-refractivity contribution in [2.45, 2.75) is 44.3 Å². The molecule has 0 aromatic carbocycles. The first-order valence-corrected chi connectivity index (χ1v) is 9.60. The Kier molecular flexibility index (Phi) is 7.24. The Morgan fingerprint density at radius 2 is 2.15 bits per heavy atom. The highest BCUT2D eigenvalue weighted by molar-refractivity contribution is 7.44. The molecular formula is C15H22NO9P. The first kappa shape index (κ1) is 20.9. The molecule has 3 N–H and O–H groups in total. The number of unbranched alkanes of at least 4 members (excludes halogenated alkanes) is 1. The number of carbonyl (C=O) groups is 1. The average molecular weight is 391 g/mol. The van der Waals surface area contributed by atoms with Gasteiger partial charge in [0.15, 0.2) is 18.5 Å². The van der Waals surface area contributed by atoms with Gasteiger partial charge in [0.25, 0.3) is 14.1 Å². The summed E-state index contributed by atoms with van der Waals surface area (Å²) in [5.41, 5.74) is 0.230. The standard InChI is InChI=1S/C15H22NO9P/c1-2-3-7-23-15(19)10-5-4-6-16(8-10)14-13(18)12(17)11(25-14)9-24-26(20,21)22/h4-6,8,11-14,17-18H,2-3,7,9H2,1H3,(H-,20,21,22)/t11-,12+,13+,14-/m1/s1. The van der Waals surface area contributed by atoms with Crippen LogP contribution in [0.1, 0.15) is 36.4 Å². The van der Waals surface area contributed by atoms with Gasteiger partial charge in [0.1, 0.15) is 17.8 Å². The third-order valence-electron chi connectivity index (χ3n) is 3.82. The summed E-state index contributed by atoms with van der Waals surface area (Å²) in [7, 11) is -4.98. The molecule has 0 spiro atoms. The van der Waals surface area contributed by atoms with E-state index < -0.39 is 44.9 Å². The summed E-state index contributed by atoms with van der Waals surface area (Å²) in [6.07, 6.45) is -0.575. The van der Waals surface area contributed by atoms with Gasteiger partial charge in [0, 0.05) is 6.07 Å². The van der Waals surface area contributed by atoms with E-state index in [-0.39, 0.29) is 5.56 Å². The summed E-state index contributed by atoms with van der Waals surface area (Å²) in [6, 6.07) is 3.07. The van der Waals surface area contributed by atoms with Crippen molar-refractivity contribution in [3.63, 3.8) is 0 Å². The molecule has 2 rings (SSSR count). The lowest BCUT2D eigenvalue weighted by molar-refractivity contribution is -0.765. The van der Waals surface area contributed by atoms with E-state index in [9.17, 15) is 24.5 Å². The van der Waals surface area contributed by atoms with Crippen molar-refractivity contribution in [2.24, 2.45) is 0 Å². The zero-order chi connectivity index (χ0) is 19.3. The van der Waals surface area contributed by atoms with E-state index in [1.807, 2.05) is 6.92 Å². The molecule has 0 aliphatic carbocycles. The number of pyridine rings is 1. The number of esters is 1. The minimum absolute atomic E-state index is 0.230.